The van der Waals surface area contributed by atoms with E-state index in [0.717, 1.165) is 38.1 Å². The molecule has 1 aromatic heterocycles. The normalized spacial score (nSPS) is 22.0. The van der Waals surface area contributed by atoms with Gasteiger partial charge in [-0.1, -0.05) is 107 Å². The summed E-state index contributed by atoms with van der Waals surface area (Å²) in [7, 11) is 2.04. The number of para-hydroxylation sites is 1. The van der Waals surface area contributed by atoms with Crippen molar-refractivity contribution in [1.82, 2.24) is 42.2 Å². The zero-order chi connectivity index (χ0) is 56.9. The number of ether oxygens (including phenoxy) is 1. The number of nitrogens with two attached hydrogens (primary N) is 1. The lowest BCUT2D eigenvalue weighted by atomic mass is 9.90. The van der Waals surface area contributed by atoms with Crippen molar-refractivity contribution >= 4 is 79.8 Å². The standard InChI is InChI=1S/C55H75N9O12S2/c1-32(66)43(29-65)61-52(73)45-31-78-77-30-44(62-49(70)39(56)24-34-16-8-6-9-17-34)51(72)60-42(25-35-18-10-7-11-19-35)50(71)59-41(26-37-28-58-40-22-13-12-21-38(37)40)46(68)27-36(48(69)64-47(33(2)67)53(74)63-45)20-14-15-23-57-54(75)76-55(3,4)5/h6-13,16-19,21-22,28,32-33,36,39,41-45,47,58,65-67H,14-15,20,23-27,29-31,56H2,1-5H3,(H,57,75)(H,59,71)(H,60,72)(H,61,73)(H,62,70)(H,63,74)(H,64,69)/t32-,33-,36-,39-,41-,42+,43-,44+,45+,47+/m1/s1. The van der Waals surface area contributed by atoms with Gasteiger partial charge in [-0.15, -0.1) is 0 Å². The van der Waals surface area contributed by atoms with Crippen molar-refractivity contribution in [2.75, 3.05) is 24.7 Å². The second-order valence-electron chi connectivity index (χ2n) is 20.4. The smallest absolute Gasteiger partial charge is 0.407 e. The van der Waals surface area contributed by atoms with Gasteiger partial charge in [-0.3, -0.25) is 33.6 Å². The average Bonchev–Trinajstić information content (AvgIpc) is 3.81. The van der Waals surface area contributed by atoms with Gasteiger partial charge in [0.1, 0.15) is 29.8 Å². The van der Waals surface area contributed by atoms with E-state index in [1.807, 2.05) is 30.3 Å². The number of aromatic amines is 1. The number of carbonyl (C=O) groups excluding carboxylic acids is 8. The summed E-state index contributed by atoms with van der Waals surface area (Å²) >= 11 is 0. The number of carbonyl (C=O) groups is 8. The van der Waals surface area contributed by atoms with Crippen molar-refractivity contribution in [3.05, 3.63) is 108 Å². The maximum atomic E-state index is 15.0. The molecule has 10 atom stereocenters. The van der Waals surface area contributed by atoms with E-state index in [0.29, 0.717) is 17.5 Å². The Bertz CT molecular complexity index is 2640. The van der Waals surface area contributed by atoms with Crippen LogP contribution in [0.5, 0.6) is 0 Å². The Morgan fingerprint density at radius 3 is 2.06 bits per heavy atom. The molecule has 0 unspecified atom stereocenters. The SMILES string of the molecule is C[C@@H](O)[C@@H]1NC(=O)[C@H](CCCCNC(=O)OC(C)(C)C)CC(=O)[C@@H](Cc2c[nH]c3ccccc23)NC(=O)[C@H](Cc2ccccc2)NC(=O)[C@@H](NC(=O)[C@H](N)Cc2ccccc2)CSSC[C@@H](C(=O)N[C@H](CO)[C@@H](C)O)NC1=O. The molecule has 5 rings (SSSR count). The number of fused-ring (bicyclic) bond motifs is 1. The Morgan fingerprint density at radius 1 is 0.769 bits per heavy atom. The number of hydrogen-bond donors (Lipinski definition) is 12. The van der Waals surface area contributed by atoms with Gasteiger partial charge < -0.3 is 68.0 Å². The summed E-state index contributed by atoms with van der Waals surface area (Å²) in [6.07, 6.45) is -1.53. The lowest BCUT2D eigenvalue weighted by molar-refractivity contribution is -0.137. The highest BCUT2D eigenvalue weighted by Gasteiger charge is 2.37. The van der Waals surface area contributed by atoms with Crippen LogP contribution < -0.4 is 43.0 Å². The maximum absolute atomic E-state index is 15.0. The molecule has 1 saturated heterocycles. The van der Waals surface area contributed by atoms with Crippen molar-refractivity contribution in [2.45, 2.75) is 140 Å². The Morgan fingerprint density at radius 2 is 1.41 bits per heavy atom. The average molecular weight is 1120 g/mol. The molecule has 0 radical (unpaired) electrons. The van der Waals surface area contributed by atoms with Gasteiger partial charge in [0.2, 0.25) is 35.4 Å². The molecule has 13 N–H and O–H groups in total. The van der Waals surface area contributed by atoms with Crippen molar-refractivity contribution in [3.63, 3.8) is 0 Å². The van der Waals surface area contributed by atoms with Crippen LogP contribution in [0.25, 0.3) is 10.9 Å². The zero-order valence-corrected chi connectivity index (χ0v) is 46.3. The zero-order valence-electron chi connectivity index (χ0n) is 44.6. The van der Waals surface area contributed by atoms with Crippen LogP contribution in [-0.2, 0) is 57.6 Å². The first-order chi connectivity index (χ1) is 37.1. The molecular weight excluding hydrogens is 1040 g/mol. The van der Waals surface area contributed by atoms with E-state index >= 15 is 0 Å². The number of Topliss-reactive ketones (excluding diaryl/α,β-unsaturated/α-hetero) is 1. The van der Waals surface area contributed by atoms with Gasteiger partial charge in [-0.05, 0) is 76.6 Å². The van der Waals surface area contributed by atoms with Gasteiger partial charge in [0.15, 0.2) is 5.78 Å². The first-order valence-corrected chi connectivity index (χ1v) is 28.5. The third-order valence-corrected chi connectivity index (χ3v) is 15.2. The molecule has 0 spiro atoms. The van der Waals surface area contributed by atoms with Crippen LogP contribution in [-0.4, -0.2) is 152 Å². The molecule has 1 aliphatic rings. The Balaban J connectivity index is 1.56. The lowest BCUT2D eigenvalue weighted by Crippen LogP contribution is -2.60. The Labute approximate surface area is 462 Å². The number of alkyl carbamates (subject to hydrolysis) is 1. The van der Waals surface area contributed by atoms with Crippen LogP contribution in [0.4, 0.5) is 4.79 Å². The minimum atomic E-state index is -1.68. The fourth-order valence-corrected chi connectivity index (χ4v) is 10.8. The van der Waals surface area contributed by atoms with Crippen LogP contribution in [0.3, 0.4) is 0 Å². The highest BCUT2D eigenvalue weighted by Crippen LogP contribution is 2.25. The number of aliphatic hydroxyl groups excluding tert-OH is 3. The van der Waals surface area contributed by atoms with Gasteiger partial charge in [0.05, 0.1) is 36.9 Å². The minimum absolute atomic E-state index is 0.0328. The second kappa shape index (κ2) is 30.6. The number of H-pyrrole nitrogens is 1. The molecule has 7 amide bonds. The van der Waals surface area contributed by atoms with E-state index in [-0.39, 0.29) is 50.2 Å². The van der Waals surface area contributed by atoms with Gasteiger partial charge in [-0.25, -0.2) is 4.79 Å². The van der Waals surface area contributed by atoms with Gasteiger partial charge >= 0.3 is 6.09 Å². The molecule has 0 saturated carbocycles. The van der Waals surface area contributed by atoms with E-state index in [2.05, 4.69) is 42.2 Å². The molecule has 23 heteroatoms. The Hall–Kier alpha value is -6.50. The number of aliphatic hydroxyl groups is 3. The number of amides is 7. The van der Waals surface area contributed by atoms with Crippen molar-refractivity contribution in [3.8, 4) is 0 Å². The van der Waals surface area contributed by atoms with Crippen molar-refractivity contribution in [1.29, 1.82) is 0 Å². The summed E-state index contributed by atoms with van der Waals surface area (Å²) < 4.78 is 5.34. The summed E-state index contributed by atoms with van der Waals surface area (Å²) in [6, 6.07) is 15.9. The van der Waals surface area contributed by atoms with Gasteiger partial charge in [0, 0.05) is 60.3 Å². The number of nitrogens with one attached hydrogen (secondary N) is 8. The molecule has 1 fully saturated rings. The maximum Gasteiger partial charge on any atom is 0.407 e. The topological polar surface area (TPSA) is 332 Å². The highest BCUT2D eigenvalue weighted by atomic mass is 33.1. The van der Waals surface area contributed by atoms with Crippen molar-refractivity contribution in [2.24, 2.45) is 11.7 Å². The molecule has 0 bridgehead atoms. The summed E-state index contributed by atoms with van der Waals surface area (Å²) in [4.78, 5) is 117. The lowest BCUT2D eigenvalue weighted by Gasteiger charge is -2.29. The van der Waals surface area contributed by atoms with E-state index in [4.69, 9.17) is 10.5 Å². The van der Waals surface area contributed by atoms with E-state index < -0.39 is 126 Å². The molecule has 21 nitrogen and oxygen atoms in total. The van der Waals surface area contributed by atoms with Crippen LogP contribution >= 0.6 is 21.6 Å². The second-order valence-corrected chi connectivity index (χ2v) is 23.0. The first-order valence-electron chi connectivity index (χ1n) is 26.0. The molecule has 0 aliphatic carbocycles. The molecule has 424 valence electrons. The monoisotopic (exact) mass is 1120 g/mol. The fraction of sp³-hybridized carbons (Fsp3) is 0.491. The molecule has 78 heavy (non-hydrogen) atoms. The van der Waals surface area contributed by atoms with Gasteiger partial charge in [0.25, 0.3) is 0 Å². The number of unbranched alkanes of at least 4 members (excludes halogenated alkanes) is 1. The third kappa shape index (κ3) is 20.1. The molecule has 2 heterocycles. The third-order valence-electron chi connectivity index (χ3n) is 12.8. The molecule has 1 aliphatic heterocycles. The number of benzene rings is 3. The predicted octanol–water partition coefficient (Wildman–Crippen LogP) is 1.85. The largest absolute Gasteiger partial charge is 0.444 e. The summed E-state index contributed by atoms with van der Waals surface area (Å²) in [5, 5.41) is 50.9. The van der Waals surface area contributed by atoms with E-state index in [9.17, 15) is 53.7 Å². The predicted molar refractivity (Wildman–Crippen MR) is 298 cm³/mol. The molecular formula is C55H75N9O12S2. The van der Waals surface area contributed by atoms with Crippen molar-refractivity contribution < 1.29 is 58.4 Å². The quantitative estimate of drug-likeness (QED) is 0.0500. The van der Waals surface area contributed by atoms with Crippen LogP contribution in [0.15, 0.2) is 91.1 Å². The summed E-state index contributed by atoms with van der Waals surface area (Å²) in [5.41, 5.74) is 8.48. The van der Waals surface area contributed by atoms with E-state index in [1.54, 1.807) is 81.6 Å². The number of rotatable bonds is 18. The summed E-state index contributed by atoms with van der Waals surface area (Å²) in [5.74, 6) is -7.00. The molecule has 3 aromatic carbocycles. The van der Waals surface area contributed by atoms with Crippen LogP contribution in [0.2, 0.25) is 0 Å². The first kappa shape index (κ1) is 62.3. The number of aromatic nitrogens is 1. The van der Waals surface area contributed by atoms with Crippen LogP contribution in [0, 0.1) is 5.92 Å². The minimum Gasteiger partial charge on any atom is -0.444 e. The Kier molecular flexibility index (Phi) is 24.5. The molecule has 4 aromatic rings. The van der Waals surface area contributed by atoms with E-state index in [1.165, 1.54) is 13.8 Å². The van der Waals surface area contributed by atoms with Gasteiger partial charge in [-0.2, -0.15) is 0 Å². The highest BCUT2D eigenvalue weighted by molar-refractivity contribution is 8.76. The fourth-order valence-electron chi connectivity index (χ4n) is 8.48. The summed E-state index contributed by atoms with van der Waals surface area (Å²) in [6.45, 7) is 7.26. The number of hydrogen-bond acceptors (Lipinski definition) is 15. The number of ketones is 1. The van der Waals surface area contributed by atoms with Crippen LogP contribution in [0.1, 0.15) is 77.0 Å².